The van der Waals surface area contributed by atoms with Crippen LogP contribution in [0.2, 0.25) is 0 Å². The summed E-state index contributed by atoms with van der Waals surface area (Å²) in [5.74, 6) is 1.33. The number of nitrogens with one attached hydrogen (secondary N) is 1. The lowest BCUT2D eigenvalue weighted by atomic mass is 9.99. The minimum atomic E-state index is -4.75. The second kappa shape index (κ2) is 9.84. The molecule has 0 aliphatic carbocycles. The van der Waals surface area contributed by atoms with Crippen LogP contribution >= 0.6 is 0 Å². The molecule has 0 spiro atoms. The van der Waals surface area contributed by atoms with E-state index < -0.39 is 17.2 Å². The van der Waals surface area contributed by atoms with Gasteiger partial charge in [0.1, 0.15) is 11.6 Å². The number of benzene rings is 2. The molecular formula is C24H22F3N3O3S. The molecule has 2 aromatic carbocycles. The van der Waals surface area contributed by atoms with Crippen molar-refractivity contribution in [2.45, 2.75) is 13.3 Å². The molecule has 178 valence electrons. The van der Waals surface area contributed by atoms with Crippen molar-refractivity contribution in [2.24, 2.45) is 0 Å². The second-order valence-electron chi connectivity index (χ2n) is 7.74. The molecule has 3 aromatic rings. The summed E-state index contributed by atoms with van der Waals surface area (Å²) in [7, 11) is -0.778. The molecule has 6 nitrogen and oxygen atoms in total. The minimum Gasteiger partial charge on any atom is -0.406 e. The van der Waals surface area contributed by atoms with Gasteiger partial charge in [0, 0.05) is 47.3 Å². The molecular weight excluding hydrogens is 467 g/mol. The van der Waals surface area contributed by atoms with Crippen LogP contribution in [0.4, 0.5) is 24.7 Å². The number of hydrogen-bond acceptors (Lipinski definition) is 5. The molecule has 10 heteroatoms. The molecule has 4 rings (SSSR count). The first-order valence-electron chi connectivity index (χ1n) is 10.5. The Morgan fingerprint density at radius 3 is 2.38 bits per heavy atom. The molecule has 0 bridgehead atoms. The standard InChI is InChI=1S/C24H22F3N3O3S/c1-16-20(17-5-8-19(9-6-17)33-24(25,26)27)3-2-4-21(16)29-23(31)18-7-10-22(28-15-18)30-11-13-34(32)14-12-30/h2-10,15H,11-14H2,1H3,(H,29,31). The number of rotatable bonds is 5. The Hall–Kier alpha value is -3.40. The zero-order valence-electron chi connectivity index (χ0n) is 18.3. The van der Waals surface area contributed by atoms with Crippen LogP contribution in [0.25, 0.3) is 11.1 Å². The highest BCUT2D eigenvalue weighted by atomic mass is 32.2. The van der Waals surface area contributed by atoms with Crippen molar-refractivity contribution in [3.8, 4) is 16.9 Å². The molecule has 1 N–H and O–H groups in total. The first-order valence-corrected chi connectivity index (χ1v) is 12.0. The van der Waals surface area contributed by atoms with E-state index in [1.165, 1.54) is 30.5 Å². The van der Waals surface area contributed by atoms with Crippen LogP contribution in [0.5, 0.6) is 5.75 Å². The number of anilines is 2. The minimum absolute atomic E-state index is 0.299. The number of halogens is 3. The molecule has 1 aliphatic heterocycles. The predicted octanol–water partition coefficient (Wildman–Crippen LogP) is 4.78. The lowest BCUT2D eigenvalue weighted by Gasteiger charge is -2.27. The Labute approximate surface area is 197 Å². The van der Waals surface area contributed by atoms with E-state index in [0.717, 1.165) is 16.9 Å². The van der Waals surface area contributed by atoms with Gasteiger partial charge in [-0.2, -0.15) is 0 Å². The van der Waals surface area contributed by atoms with E-state index in [0.29, 0.717) is 41.4 Å². The molecule has 1 fully saturated rings. The van der Waals surface area contributed by atoms with Crippen LogP contribution in [-0.4, -0.2) is 46.1 Å². The molecule has 0 saturated carbocycles. The quantitative estimate of drug-likeness (QED) is 0.559. The molecule has 1 amide bonds. The van der Waals surface area contributed by atoms with Crippen molar-refractivity contribution in [1.29, 1.82) is 0 Å². The number of nitrogens with zero attached hydrogens (tertiary/aromatic N) is 2. The van der Waals surface area contributed by atoms with Gasteiger partial charge in [-0.1, -0.05) is 24.3 Å². The number of carbonyl (C=O) groups is 1. The summed E-state index contributed by atoms with van der Waals surface area (Å²) in [5.41, 5.74) is 3.21. The van der Waals surface area contributed by atoms with Crippen molar-refractivity contribution in [2.75, 3.05) is 34.8 Å². The third-order valence-corrected chi connectivity index (χ3v) is 6.77. The molecule has 0 unspecified atom stereocenters. The molecule has 1 aliphatic rings. The van der Waals surface area contributed by atoms with Gasteiger partial charge >= 0.3 is 6.36 Å². The van der Waals surface area contributed by atoms with E-state index in [1.807, 2.05) is 17.9 Å². The summed E-state index contributed by atoms with van der Waals surface area (Å²) < 4.78 is 52.6. The third kappa shape index (κ3) is 5.74. The van der Waals surface area contributed by atoms with Gasteiger partial charge in [-0.05, 0) is 53.9 Å². The summed E-state index contributed by atoms with van der Waals surface area (Å²) in [6.45, 7) is 3.16. The highest BCUT2D eigenvalue weighted by molar-refractivity contribution is 7.85. The number of hydrogen-bond donors (Lipinski definition) is 1. The van der Waals surface area contributed by atoms with Crippen molar-refractivity contribution in [3.05, 3.63) is 71.9 Å². The topological polar surface area (TPSA) is 71.5 Å². The van der Waals surface area contributed by atoms with Crippen LogP contribution < -0.4 is 15.0 Å². The summed E-state index contributed by atoms with van der Waals surface area (Å²) in [6, 6.07) is 14.4. The average molecular weight is 490 g/mol. The lowest BCUT2D eigenvalue weighted by Crippen LogP contribution is -2.38. The lowest BCUT2D eigenvalue weighted by molar-refractivity contribution is -0.274. The van der Waals surface area contributed by atoms with Crippen molar-refractivity contribution in [3.63, 3.8) is 0 Å². The summed E-state index contributed by atoms with van der Waals surface area (Å²) >= 11 is 0. The van der Waals surface area contributed by atoms with Crippen molar-refractivity contribution in [1.82, 2.24) is 4.98 Å². The average Bonchev–Trinajstić information content (AvgIpc) is 2.81. The molecule has 0 radical (unpaired) electrons. The Bertz CT molecular complexity index is 1190. The third-order valence-electron chi connectivity index (χ3n) is 5.49. The second-order valence-corrected chi connectivity index (χ2v) is 9.44. The van der Waals surface area contributed by atoms with Crippen LogP contribution in [-0.2, 0) is 10.8 Å². The number of ether oxygens (including phenoxy) is 1. The fourth-order valence-corrected chi connectivity index (χ4v) is 4.74. The predicted molar refractivity (Wildman–Crippen MR) is 126 cm³/mol. The number of amides is 1. The van der Waals surface area contributed by atoms with Crippen molar-refractivity contribution >= 4 is 28.2 Å². The highest BCUT2D eigenvalue weighted by Gasteiger charge is 2.31. The summed E-state index contributed by atoms with van der Waals surface area (Å²) in [6.07, 6.45) is -3.24. The normalized spacial score (nSPS) is 14.6. The highest BCUT2D eigenvalue weighted by Crippen LogP contribution is 2.31. The SMILES string of the molecule is Cc1c(NC(=O)c2ccc(N3CCS(=O)CC3)nc2)cccc1-c1ccc(OC(F)(F)F)cc1. The van der Waals surface area contributed by atoms with Gasteiger partial charge in [-0.15, -0.1) is 13.2 Å². The Morgan fingerprint density at radius 1 is 1.06 bits per heavy atom. The fourth-order valence-electron chi connectivity index (χ4n) is 3.69. The van der Waals surface area contributed by atoms with Gasteiger partial charge in [0.25, 0.3) is 5.91 Å². The van der Waals surface area contributed by atoms with E-state index >= 15 is 0 Å². The molecule has 1 saturated heterocycles. The maximum Gasteiger partial charge on any atom is 0.573 e. The van der Waals surface area contributed by atoms with Crippen molar-refractivity contribution < 1.29 is 26.9 Å². The van der Waals surface area contributed by atoms with E-state index in [-0.39, 0.29) is 11.7 Å². The van der Waals surface area contributed by atoms with Gasteiger partial charge in [0.2, 0.25) is 0 Å². The summed E-state index contributed by atoms with van der Waals surface area (Å²) in [4.78, 5) is 19.2. The first-order chi connectivity index (χ1) is 16.2. The van der Waals surface area contributed by atoms with Gasteiger partial charge < -0.3 is 15.0 Å². The van der Waals surface area contributed by atoms with Crippen LogP contribution in [0.3, 0.4) is 0 Å². The number of carbonyl (C=O) groups excluding carboxylic acids is 1. The van der Waals surface area contributed by atoms with Gasteiger partial charge in [0.05, 0.1) is 5.56 Å². The Balaban J connectivity index is 1.46. The molecule has 1 aromatic heterocycles. The van der Waals surface area contributed by atoms with E-state index in [2.05, 4.69) is 15.0 Å². The first kappa shape index (κ1) is 23.7. The number of alkyl halides is 3. The molecule has 0 atom stereocenters. The van der Waals surface area contributed by atoms with E-state index in [4.69, 9.17) is 0 Å². The smallest absolute Gasteiger partial charge is 0.406 e. The van der Waals surface area contributed by atoms with Crippen LogP contribution in [0, 0.1) is 6.92 Å². The van der Waals surface area contributed by atoms with Gasteiger partial charge in [-0.3, -0.25) is 9.00 Å². The zero-order chi connectivity index (χ0) is 24.3. The maximum atomic E-state index is 12.8. The van der Waals surface area contributed by atoms with Crippen LogP contribution in [0.15, 0.2) is 60.8 Å². The van der Waals surface area contributed by atoms with E-state index in [9.17, 15) is 22.2 Å². The number of aromatic nitrogens is 1. The summed E-state index contributed by atoms with van der Waals surface area (Å²) in [5, 5.41) is 2.88. The number of pyridine rings is 1. The molecule has 34 heavy (non-hydrogen) atoms. The fraction of sp³-hybridized carbons (Fsp3) is 0.250. The van der Waals surface area contributed by atoms with Crippen LogP contribution in [0.1, 0.15) is 15.9 Å². The Morgan fingerprint density at radius 2 is 1.76 bits per heavy atom. The monoisotopic (exact) mass is 489 g/mol. The Kier molecular flexibility index (Phi) is 6.87. The maximum absolute atomic E-state index is 12.8. The molecule has 2 heterocycles. The van der Waals surface area contributed by atoms with E-state index in [1.54, 1.807) is 24.3 Å². The van der Waals surface area contributed by atoms with Gasteiger partial charge in [0.15, 0.2) is 0 Å². The van der Waals surface area contributed by atoms with Gasteiger partial charge in [-0.25, -0.2) is 4.98 Å². The zero-order valence-corrected chi connectivity index (χ0v) is 19.1. The largest absolute Gasteiger partial charge is 0.573 e.